The van der Waals surface area contributed by atoms with Gasteiger partial charge in [0.1, 0.15) is 0 Å². The van der Waals surface area contributed by atoms with Crippen molar-refractivity contribution in [3.63, 3.8) is 0 Å². The summed E-state index contributed by atoms with van der Waals surface area (Å²) in [7, 11) is 0. The number of rotatable bonds is 1. The molecule has 2 fully saturated rings. The van der Waals surface area contributed by atoms with Crippen LogP contribution in [0.1, 0.15) is 19.3 Å². The number of hydrogen-bond acceptors (Lipinski definition) is 1. The maximum absolute atomic E-state index is 5.36. The average Bonchev–Trinajstić information content (AvgIpc) is 2.64. The molecule has 1 aliphatic heterocycles. The molecule has 50 valence electrons. The lowest BCUT2D eigenvalue weighted by atomic mass is 9.90. The second-order valence-electron chi connectivity index (χ2n) is 3.02. The van der Waals surface area contributed by atoms with E-state index in [1.54, 1.807) is 0 Å². The molecule has 2 aliphatic rings. The van der Waals surface area contributed by atoms with Crippen LogP contribution in [0.5, 0.6) is 0 Å². The minimum atomic E-state index is 0.613. The van der Waals surface area contributed by atoms with E-state index in [9.17, 15) is 0 Å². The molecule has 2 rings (SSSR count). The molecule has 0 spiro atoms. The van der Waals surface area contributed by atoms with E-state index >= 15 is 0 Å². The molecule has 1 aliphatic carbocycles. The Kier molecular flexibility index (Phi) is 1.12. The molecule has 1 heteroatoms. The molecule has 1 saturated carbocycles. The van der Waals surface area contributed by atoms with Crippen LogP contribution in [-0.2, 0) is 4.74 Å². The van der Waals surface area contributed by atoms with Crippen molar-refractivity contribution in [3.05, 3.63) is 12.7 Å². The van der Waals surface area contributed by atoms with Gasteiger partial charge in [-0.3, -0.25) is 0 Å². The van der Waals surface area contributed by atoms with Crippen LogP contribution in [0.4, 0.5) is 0 Å². The maximum Gasteiger partial charge on any atom is 0.0847 e. The lowest BCUT2D eigenvalue weighted by molar-refractivity contribution is 0.370. The van der Waals surface area contributed by atoms with Gasteiger partial charge >= 0.3 is 0 Å². The molecular weight excluding hydrogens is 112 g/mol. The van der Waals surface area contributed by atoms with Crippen LogP contribution < -0.4 is 0 Å². The summed E-state index contributed by atoms with van der Waals surface area (Å²) < 4.78 is 5.36. The quantitative estimate of drug-likeness (QED) is 0.383. The van der Waals surface area contributed by atoms with E-state index < -0.39 is 0 Å². The van der Waals surface area contributed by atoms with E-state index in [1.807, 2.05) is 0 Å². The fourth-order valence-corrected chi connectivity index (χ4v) is 1.65. The Morgan fingerprint density at radius 2 is 2.22 bits per heavy atom. The molecule has 1 saturated heterocycles. The SMILES string of the molecule is C=CC1CCC2O[C@H]2C1. The first kappa shape index (κ1) is 5.48. The van der Waals surface area contributed by atoms with Crippen molar-refractivity contribution in [2.24, 2.45) is 5.92 Å². The number of fused-ring (bicyclic) bond motifs is 1. The first-order valence-electron chi connectivity index (χ1n) is 3.68. The Bertz CT molecular complexity index is 131. The average molecular weight is 124 g/mol. The fourth-order valence-electron chi connectivity index (χ4n) is 1.65. The van der Waals surface area contributed by atoms with Gasteiger partial charge in [0.05, 0.1) is 12.2 Å². The smallest absolute Gasteiger partial charge is 0.0847 e. The Hall–Kier alpha value is -0.300. The van der Waals surface area contributed by atoms with Gasteiger partial charge in [-0.2, -0.15) is 0 Å². The molecule has 0 aromatic rings. The van der Waals surface area contributed by atoms with Crippen molar-refractivity contribution in [3.8, 4) is 0 Å². The maximum atomic E-state index is 5.36. The summed E-state index contributed by atoms with van der Waals surface area (Å²) in [5, 5.41) is 0. The molecule has 9 heavy (non-hydrogen) atoms. The van der Waals surface area contributed by atoms with Gasteiger partial charge in [-0.1, -0.05) is 6.08 Å². The summed E-state index contributed by atoms with van der Waals surface area (Å²) in [4.78, 5) is 0. The zero-order valence-corrected chi connectivity index (χ0v) is 5.55. The van der Waals surface area contributed by atoms with Crippen LogP contribution in [0.15, 0.2) is 12.7 Å². The van der Waals surface area contributed by atoms with Crippen molar-refractivity contribution in [2.75, 3.05) is 0 Å². The highest BCUT2D eigenvalue weighted by atomic mass is 16.6. The third-order valence-corrected chi connectivity index (χ3v) is 2.38. The lowest BCUT2D eigenvalue weighted by Gasteiger charge is -2.12. The minimum Gasteiger partial charge on any atom is -0.370 e. The molecule has 1 heterocycles. The first-order chi connectivity index (χ1) is 4.40. The second-order valence-corrected chi connectivity index (χ2v) is 3.02. The third-order valence-electron chi connectivity index (χ3n) is 2.38. The van der Waals surface area contributed by atoms with Crippen molar-refractivity contribution >= 4 is 0 Å². The van der Waals surface area contributed by atoms with Crippen molar-refractivity contribution < 1.29 is 4.74 Å². The molecular formula is C8H12O. The van der Waals surface area contributed by atoms with Gasteiger partial charge in [-0.15, -0.1) is 6.58 Å². The molecule has 0 aromatic carbocycles. The van der Waals surface area contributed by atoms with E-state index in [4.69, 9.17) is 4.74 Å². The summed E-state index contributed by atoms with van der Waals surface area (Å²) >= 11 is 0. The summed E-state index contributed by atoms with van der Waals surface area (Å²) in [5.41, 5.74) is 0. The second kappa shape index (κ2) is 1.84. The van der Waals surface area contributed by atoms with E-state index in [0.29, 0.717) is 12.2 Å². The fraction of sp³-hybridized carbons (Fsp3) is 0.750. The molecule has 0 aromatic heterocycles. The zero-order chi connectivity index (χ0) is 6.27. The first-order valence-corrected chi connectivity index (χ1v) is 3.68. The van der Waals surface area contributed by atoms with E-state index in [0.717, 1.165) is 5.92 Å². The van der Waals surface area contributed by atoms with Gasteiger partial charge in [0.25, 0.3) is 0 Å². The number of epoxide rings is 1. The predicted molar refractivity (Wildman–Crippen MR) is 36.2 cm³/mol. The van der Waals surface area contributed by atoms with Gasteiger partial charge in [-0.25, -0.2) is 0 Å². The topological polar surface area (TPSA) is 12.5 Å². The van der Waals surface area contributed by atoms with Gasteiger partial charge < -0.3 is 4.74 Å². The number of allylic oxidation sites excluding steroid dienone is 1. The molecule has 2 unspecified atom stereocenters. The highest BCUT2D eigenvalue weighted by molar-refractivity contribution is 4.96. The Morgan fingerprint density at radius 1 is 1.33 bits per heavy atom. The van der Waals surface area contributed by atoms with Gasteiger partial charge in [-0.05, 0) is 25.2 Å². The monoisotopic (exact) mass is 124 g/mol. The van der Waals surface area contributed by atoms with Crippen LogP contribution in [0.3, 0.4) is 0 Å². The Morgan fingerprint density at radius 3 is 2.89 bits per heavy atom. The van der Waals surface area contributed by atoms with Gasteiger partial charge in [0, 0.05) is 0 Å². The molecule has 1 nitrogen and oxygen atoms in total. The summed E-state index contributed by atoms with van der Waals surface area (Å²) in [6.07, 6.45) is 7.11. The lowest BCUT2D eigenvalue weighted by Crippen LogP contribution is -2.10. The van der Waals surface area contributed by atoms with Crippen LogP contribution in [0.2, 0.25) is 0 Å². The van der Waals surface area contributed by atoms with Crippen LogP contribution >= 0.6 is 0 Å². The largest absolute Gasteiger partial charge is 0.370 e. The number of hydrogen-bond donors (Lipinski definition) is 0. The summed E-state index contributed by atoms with van der Waals surface area (Å²) in [6, 6.07) is 0. The zero-order valence-electron chi connectivity index (χ0n) is 5.55. The van der Waals surface area contributed by atoms with E-state index in [-0.39, 0.29) is 0 Å². The van der Waals surface area contributed by atoms with E-state index in [2.05, 4.69) is 12.7 Å². The summed E-state index contributed by atoms with van der Waals surface area (Å²) in [6.45, 7) is 3.78. The summed E-state index contributed by atoms with van der Waals surface area (Å²) in [5.74, 6) is 0.744. The number of ether oxygens (including phenoxy) is 1. The van der Waals surface area contributed by atoms with Gasteiger partial charge in [0.15, 0.2) is 0 Å². The normalized spacial score (nSPS) is 47.8. The van der Waals surface area contributed by atoms with E-state index in [1.165, 1.54) is 19.3 Å². The molecule has 0 N–H and O–H groups in total. The highest BCUT2D eigenvalue weighted by Crippen LogP contribution is 2.39. The minimum absolute atomic E-state index is 0.613. The van der Waals surface area contributed by atoms with Crippen LogP contribution in [0, 0.1) is 5.92 Å². The standard InChI is InChI=1S/C8H12O/c1-2-6-3-4-7-8(5-6)9-7/h2,6-8H,1,3-5H2/t6?,7?,8-/m0/s1. The third kappa shape index (κ3) is 0.897. The van der Waals surface area contributed by atoms with Crippen molar-refractivity contribution in [1.29, 1.82) is 0 Å². The van der Waals surface area contributed by atoms with Crippen LogP contribution in [0.25, 0.3) is 0 Å². The highest BCUT2D eigenvalue weighted by Gasteiger charge is 2.42. The molecule has 3 atom stereocenters. The molecule has 0 amide bonds. The van der Waals surface area contributed by atoms with Crippen molar-refractivity contribution in [2.45, 2.75) is 31.5 Å². The molecule has 0 radical (unpaired) electrons. The van der Waals surface area contributed by atoms with Crippen molar-refractivity contribution in [1.82, 2.24) is 0 Å². The Labute approximate surface area is 55.7 Å². The van der Waals surface area contributed by atoms with Crippen LogP contribution in [-0.4, -0.2) is 12.2 Å². The molecule has 0 bridgehead atoms. The van der Waals surface area contributed by atoms with Gasteiger partial charge in [0.2, 0.25) is 0 Å². The predicted octanol–water partition coefficient (Wildman–Crippen LogP) is 1.74. The Balaban J connectivity index is 1.93.